The zero-order valence-electron chi connectivity index (χ0n) is 17.0. The van der Waals surface area contributed by atoms with Crippen LogP contribution in [-0.2, 0) is 17.6 Å². The van der Waals surface area contributed by atoms with Gasteiger partial charge in [-0.3, -0.25) is 19.3 Å². The number of hydrogen-bond acceptors (Lipinski definition) is 5. The number of carbonyl (C=O) groups is 3. The summed E-state index contributed by atoms with van der Waals surface area (Å²) in [6, 6.07) is 7.95. The third-order valence-corrected chi connectivity index (χ3v) is 6.86. The van der Waals surface area contributed by atoms with Gasteiger partial charge in [-0.1, -0.05) is 26.0 Å². The Morgan fingerprint density at radius 1 is 1.17 bits per heavy atom. The maximum atomic E-state index is 13.3. The molecule has 0 bridgehead atoms. The molecule has 0 spiro atoms. The first-order valence-corrected chi connectivity index (χ1v) is 11.1. The van der Waals surface area contributed by atoms with Crippen LogP contribution in [0.3, 0.4) is 0 Å². The van der Waals surface area contributed by atoms with Crippen molar-refractivity contribution in [1.82, 2.24) is 4.90 Å². The first-order valence-electron chi connectivity index (χ1n) is 10.2. The average molecular weight is 422 g/mol. The first kappa shape index (κ1) is 20.3. The molecule has 1 atom stereocenters. The summed E-state index contributed by atoms with van der Waals surface area (Å²) in [5.74, 6) is -1.21. The van der Waals surface area contributed by atoms with E-state index < -0.39 is 23.8 Å². The topological polar surface area (TPSA) is 90.3 Å². The van der Waals surface area contributed by atoms with Gasteiger partial charge in [-0.25, -0.2) is 0 Å². The molecule has 0 fully saturated rings. The largest absolute Gasteiger partial charge is 0.315 e. The molecule has 0 saturated carbocycles. The Kier molecular flexibility index (Phi) is 5.44. The van der Waals surface area contributed by atoms with E-state index in [0.717, 1.165) is 41.0 Å². The van der Waals surface area contributed by atoms with Crippen molar-refractivity contribution in [3.63, 3.8) is 0 Å². The standard InChI is InChI=1S/C23H23N3O3S/c1-13(2)11-18(26-22(28)15-8-3-4-9-16(15)23(26)29)20(27)25-21-17(12-24)14-7-5-6-10-19(14)30-21/h3-4,8-9,13,18H,5-7,10-11H2,1-2H3,(H,25,27). The van der Waals surface area contributed by atoms with E-state index in [1.807, 2.05) is 13.8 Å². The smallest absolute Gasteiger partial charge is 0.262 e. The Morgan fingerprint density at radius 2 is 1.80 bits per heavy atom. The molecule has 7 heteroatoms. The molecule has 2 aromatic rings. The van der Waals surface area contributed by atoms with E-state index in [0.29, 0.717) is 28.1 Å². The van der Waals surface area contributed by atoms with Gasteiger partial charge >= 0.3 is 0 Å². The van der Waals surface area contributed by atoms with E-state index in [4.69, 9.17) is 0 Å². The van der Waals surface area contributed by atoms with Crippen LogP contribution < -0.4 is 5.32 Å². The van der Waals surface area contributed by atoms with Crippen LogP contribution in [0, 0.1) is 17.2 Å². The highest BCUT2D eigenvalue weighted by molar-refractivity contribution is 7.16. The Bertz CT molecular complexity index is 1040. The molecular weight excluding hydrogens is 398 g/mol. The number of anilines is 1. The summed E-state index contributed by atoms with van der Waals surface area (Å²) in [6.45, 7) is 3.89. The molecule has 0 saturated heterocycles. The van der Waals surface area contributed by atoms with Crippen molar-refractivity contribution in [2.24, 2.45) is 5.92 Å². The SMILES string of the molecule is CC(C)CC(C(=O)Nc1sc2c(c1C#N)CCCC2)N1C(=O)c2ccccc2C1=O. The molecule has 4 rings (SSSR count). The van der Waals surface area contributed by atoms with Crippen LogP contribution in [0.15, 0.2) is 24.3 Å². The van der Waals surface area contributed by atoms with Crippen molar-refractivity contribution < 1.29 is 14.4 Å². The number of nitriles is 1. The molecule has 3 amide bonds. The van der Waals surface area contributed by atoms with Crippen molar-refractivity contribution in [2.75, 3.05) is 5.32 Å². The van der Waals surface area contributed by atoms with E-state index in [2.05, 4.69) is 11.4 Å². The minimum atomic E-state index is -0.928. The summed E-state index contributed by atoms with van der Waals surface area (Å²) in [5.41, 5.74) is 2.21. The number of aryl methyl sites for hydroxylation is 1. The van der Waals surface area contributed by atoms with Crippen LogP contribution in [0.5, 0.6) is 0 Å². The quantitative estimate of drug-likeness (QED) is 0.735. The molecule has 1 aliphatic heterocycles. The van der Waals surface area contributed by atoms with Crippen molar-refractivity contribution in [3.05, 3.63) is 51.4 Å². The lowest BCUT2D eigenvalue weighted by molar-refractivity contribution is -0.120. The van der Waals surface area contributed by atoms with Gasteiger partial charge in [0.15, 0.2) is 0 Å². The maximum absolute atomic E-state index is 13.3. The van der Waals surface area contributed by atoms with Crippen LogP contribution in [0.25, 0.3) is 0 Å². The predicted octanol–water partition coefficient (Wildman–Crippen LogP) is 4.15. The maximum Gasteiger partial charge on any atom is 0.262 e. The fourth-order valence-electron chi connectivity index (χ4n) is 4.23. The average Bonchev–Trinajstić information content (AvgIpc) is 3.20. The number of thiophene rings is 1. The minimum Gasteiger partial charge on any atom is -0.315 e. The highest BCUT2D eigenvalue weighted by Gasteiger charge is 2.43. The zero-order valence-corrected chi connectivity index (χ0v) is 17.8. The van der Waals surface area contributed by atoms with Crippen LogP contribution in [-0.4, -0.2) is 28.7 Å². The lowest BCUT2D eigenvalue weighted by atomic mass is 9.96. The number of amides is 3. The number of imide groups is 1. The number of hydrogen-bond donors (Lipinski definition) is 1. The number of carbonyl (C=O) groups excluding carboxylic acids is 3. The first-order chi connectivity index (χ1) is 14.4. The summed E-state index contributed by atoms with van der Waals surface area (Å²) in [4.78, 5) is 41.4. The normalized spacial score (nSPS) is 16.3. The molecular formula is C23H23N3O3S. The van der Waals surface area contributed by atoms with Crippen molar-refractivity contribution in [3.8, 4) is 6.07 Å². The van der Waals surface area contributed by atoms with Gasteiger partial charge in [0, 0.05) is 4.88 Å². The molecule has 1 aromatic heterocycles. The van der Waals surface area contributed by atoms with Crippen LogP contribution in [0.4, 0.5) is 5.00 Å². The van der Waals surface area contributed by atoms with E-state index in [1.165, 1.54) is 11.3 Å². The molecule has 0 radical (unpaired) electrons. The number of fused-ring (bicyclic) bond motifs is 2. The number of nitrogens with zero attached hydrogens (tertiary/aromatic N) is 2. The second-order valence-electron chi connectivity index (χ2n) is 8.19. The molecule has 6 nitrogen and oxygen atoms in total. The Morgan fingerprint density at radius 3 is 2.40 bits per heavy atom. The van der Waals surface area contributed by atoms with Crippen molar-refractivity contribution in [2.45, 2.75) is 52.0 Å². The molecule has 30 heavy (non-hydrogen) atoms. The van der Waals surface area contributed by atoms with E-state index in [1.54, 1.807) is 24.3 Å². The van der Waals surface area contributed by atoms with Gasteiger partial charge in [-0.05, 0) is 55.7 Å². The van der Waals surface area contributed by atoms with Gasteiger partial charge in [-0.15, -0.1) is 11.3 Å². The molecule has 1 N–H and O–H groups in total. The van der Waals surface area contributed by atoms with Gasteiger partial charge in [0.2, 0.25) is 5.91 Å². The monoisotopic (exact) mass is 421 g/mol. The van der Waals surface area contributed by atoms with E-state index in [-0.39, 0.29) is 5.92 Å². The Hall–Kier alpha value is -2.98. The molecule has 2 aliphatic rings. The lowest BCUT2D eigenvalue weighted by Gasteiger charge is -2.26. The van der Waals surface area contributed by atoms with Crippen molar-refractivity contribution >= 4 is 34.1 Å². The summed E-state index contributed by atoms with van der Waals surface area (Å²) < 4.78 is 0. The van der Waals surface area contributed by atoms with Crippen LogP contribution >= 0.6 is 11.3 Å². The Labute approximate surface area is 179 Å². The third kappa shape index (κ3) is 3.41. The minimum absolute atomic E-state index is 0.0945. The van der Waals surface area contributed by atoms with Crippen LogP contribution in [0.2, 0.25) is 0 Å². The summed E-state index contributed by atoms with van der Waals surface area (Å²) in [5, 5.41) is 13.1. The second-order valence-corrected chi connectivity index (χ2v) is 9.29. The highest BCUT2D eigenvalue weighted by atomic mass is 32.1. The third-order valence-electron chi connectivity index (χ3n) is 5.65. The fraction of sp³-hybridized carbons (Fsp3) is 0.391. The van der Waals surface area contributed by atoms with Crippen molar-refractivity contribution in [1.29, 1.82) is 5.26 Å². The predicted molar refractivity (Wildman–Crippen MR) is 114 cm³/mol. The molecule has 1 aromatic carbocycles. The Balaban J connectivity index is 1.65. The molecule has 1 unspecified atom stereocenters. The van der Waals surface area contributed by atoms with Gasteiger partial charge in [0.1, 0.15) is 17.1 Å². The van der Waals surface area contributed by atoms with Gasteiger partial charge < -0.3 is 5.32 Å². The highest BCUT2D eigenvalue weighted by Crippen LogP contribution is 2.38. The summed E-state index contributed by atoms with van der Waals surface area (Å²) >= 11 is 1.44. The van der Waals surface area contributed by atoms with Crippen LogP contribution in [0.1, 0.15) is 69.8 Å². The molecule has 1 aliphatic carbocycles. The summed E-state index contributed by atoms with van der Waals surface area (Å²) in [7, 11) is 0. The van der Waals surface area contributed by atoms with E-state index >= 15 is 0 Å². The van der Waals surface area contributed by atoms with Gasteiger partial charge in [-0.2, -0.15) is 5.26 Å². The number of rotatable bonds is 5. The summed E-state index contributed by atoms with van der Waals surface area (Å²) in [6.07, 6.45) is 4.23. The van der Waals surface area contributed by atoms with Gasteiger partial charge in [0.05, 0.1) is 16.7 Å². The van der Waals surface area contributed by atoms with Gasteiger partial charge in [0.25, 0.3) is 11.8 Å². The molecule has 2 heterocycles. The second kappa shape index (κ2) is 8.04. The molecule has 154 valence electrons. The number of nitrogens with one attached hydrogen (secondary N) is 1. The zero-order chi connectivity index (χ0) is 21.4. The van der Waals surface area contributed by atoms with E-state index in [9.17, 15) is 19.6 Å². The number of benzene rings is 1. The lowest BCUT2D eigenvalue weighted by Crippen LogP contribution is -2.47. The fourth-order valence-corrected chi connectivity index (χ4v) is 5.48.